The molecule has 0 spiro atoms. The van der Waals surface area contributed by atoms with Crippen molar-refractivity contribution in [3.05, 3.63) is 29.3 Å². The largest absolute Gasteiger partial charge is 0.508 e. The summed E-state index contributed by atoms with van der Waals surface area (Å²) in [5, 5.41) is 10.0. The van der Waals surface area contributed by atoms with E-state index in [1.54, 1.807) is 0 Å². The number of phenolic OH excluding ortho intramolecular Hbond substituents is 1. The van der Waals surface area contributed by atoms with Crippen LogP contribution in [0.4, 0.5) is 0 Å². The van der Waals surface area contributed by atoms with E-state index < -0.39 is 0 Å². The van der Waals surface area contributed by atoms with Gasteiger partial charge < -0.3 is 5.11 Å². The van der Waals surface area contributed by atoms with Crippen molar-refractivity contribution in [2.24, 2.45) is 5.92 Å². The van der Waals surface area contributed by atoms with Crippen LogP contribution in [0.5, 0.6) is 5.75 Å². The highest BCUT2D eigenvalue weighted by Gasteiger charge is 2.35. The zero-order valence-electron chi connectivity index (χ0n) is 11.4. The average molecular weight is 245 g/mol. The highest BCUT2D eigenvalue weighted by atomic mass is 16.3. The SMILES string of the molecule is CC1CC(C)N(C2CCCc3c(O)cccc32)C1. The maximum atomic E-state index is 10.0. The third-order valence-electron chi connectivity index (χ3n) is 4.68. The molecule has 0 radical (unpaired) electrons. The summed E-state index contributed by atoms with van der Waals surface area (Å²) in [6, 6.07) is 7.25. The fourth-order valence-electron chi connectivity index (χ4n) is 3.92. The van der Waals surface area contributed by atoms with Crippen molar-refractivity contribution in [2.75, 3.05) is 6.54 Å². The van der Waals surface area contributed by atoms with Crippen molar-refractivity contribution in [3.63, 3.8) is 0 Å². The van der Waals surface area contributed by atoms with Crippen molar-refractivity contribution < 1.29 is 5.11 Å². The first-order chi connectivity index (χ1) is 8.66. The predicted octanol–water partition coefficient (Wildman–Crippen LogP) is 3.50. The Morgan fingerprint density at radius 3 is 2.83 bits per heavy atom. The Morgan fingerprint density at radius 2 is 2.11 bits per heavy atom. The number of nitrogens with zero attached hydrogens (tertiary/aromatic N) is 1. The number of benzene rings is 1. The molecule has 0 aromatic heterocycles. The minimum Gasteiger partial charge on any atom is -0.508 e. The van der Waals surface area contributed by atoms with Crippen LogP contribution in [0.3, 0.4) is 0 Å². The van der Waals surface area contributed by atoms with Crippen LogP contribution in [0.15, 0.2) is 18.2 Å². The van der Waals surface area contributed by atoms with Gasteiger partial charge in [0.15, 0.2) is 0 Å². The molecule has 3 rings (SSSR count). The Labute approximate surface area is 110 Å². The van der Waals surface area contributed by atoms with Gasteiger partial charge in [-0.3, -0.25) is 4.90 Å². The minimum atomic E-state index is 0.497. The van der Waals surface area contributed by atoms with Crippen molar-refractivity contribution in [3.8, 4) is 5.75 Å². The maximum Gasteiger partial charge on any atom is 0.119 e. The van der Waals surface area contributed by atoms with Gasteiger partial charge in [0, 0.05) is 18.6 Å². The first-order valence-electron chi connectivity index (χ1n) is 7.23. The third kappa shape index (κ3) is 1.93. The molecule has 1 saturated heterocycles. The quantitative estimate of drug-likeness (QED) is 0.818. The van der Waals surface area contributed by atoms with Crippen molar-refractivity contribution in [1.29, 1.82) is 0 Å². The number of fused-ring (bicyclic) bond motifs is 1. The monoisotopic (exact) mass is 245 g/mol. The van der Waals surface area contributed by atoms with Gasteiger partial charge in [-0.25, -0.2) is 0 Å². The summed E-state index contributed by atoms with van der Waals surface area (Å²) in [6.45, 7) is 5.91. The first-order valence-corrected chi connectivity index (χ1v) is 7.23. The van der Waals surface area contributed by atoms with Crippen molar-refractivity contribution >= 4 is 0 Å². The lowest BCUT2D eigenvalue weighted by molar-refractivity contribution is 0.169. The number of hydrogen-bond donors (Lipinski definition) is 1. The molecule has 1 aliphatic heterocycles. The second kappa shape index (κ2) is 4.58. The number of rotatable bonds is 1. The van der Waals surface area contributed by atoms with Gasteiger partial charge in [-0.15, -0.1) is 0 Å². The molecule has 3 atom stereocenters. The number of likely N-dealkylation sites (tertiary alicyclic amines) is 1. The molecule has 0 bridgehead atoms. The number of aromatic hydroxyl groups is 1. The maximum absolute atomic E-state index is 10.0. The molecule has 18 heavy (non-hydrogen) atoms. The van der Waals surface area contributed by atoms with Gasteiger partial charge in [0.2, 0.25) is 0 Å². The second-order valence-electron chi connectivity index (χ2n) is 6.14. The first kappa shape index (κ1) is 12.0. The van der Waals surface area contributed by atoms with Crippen LogP contribution < -0.4 is 0 Å². The Bertz CT molecular complexity index is 443. The van der Waals surface area contributed by atoms with E-state index >= 15 is 0 Å². The summed E-state index contributed by atoms with van der Waals surface area (Å²) in [4.78, 5) is 2.65. The van der Waals surface area contributed by atoms with Gasteiger partial charge in [-0.1, -0.05) is 19.1 Å². The lowest BCUT2D eigenvalue weighted by atomic mass is 9.86. The molecule has 0 saturated carbocycles. The van der Waals surface area contributed by atoms with Crippen molar-refractivity contribution in [1.82, 2.24) is 4.90 Å². The highest BCUT2D eigenvalue weighted by Crippen LogP contribution is 2.41. The zero-order chi connectivity index (χ0) is 12.7. The molecule has 98 valence electrons. The van der Waals surface area contributed by atoms with E-state index in [1.165, 1.54) is 36.9 Å². The molecule has 1 N–H and O–H groups in total. The molecule has 2 aliphatic rings. The lowest BCUT2D eigenvalue weighted by Gasteiger charge is -2.36. The fraction of sp³-hybridized carbons (Fsp3) is 0.625. The molecule has 1 aliphatic carbocycles. The van der Waals surface area contributed by atoms with E-state index in [0.29, 0.717) is 17.8 Å². The Morgan fingerprint density at radius 1 is 1.28 bits per heavy atom. The summed E-state index contributed by atoms with van der Waals surface area (Å²) < 4.78 is 0. The van der Waals surface area contributed by atoms with E-state index in [2.05, 4.69) is 24.8 Å². The normalized spacial score (nSPS) is 32.4. The average Bonchev–Trinajstić information content (AvgIpc) is 2.68. The van der Waals surface area contributed by atoms with Gasteiger partial charge in [-0.2, -0.15) is 0 Å². The topological polar surface area (TPSA) is 23.5 Å². The molecule has 3 unspecified atom stereocenters. The molecule has 2 nitrogen and oxygen atoms in total. The van der Waals surface area contributed by atoms with Crippen LogP contribution in [0.1, 0.15) is 50.3 Å². The van der Waals surface area contributed by atoms with Gasteiger partial charge in [-0.05, 0) is 55.7 Å². The Balaban J connectivity index is 1.94. The van der Waals surface area contributed by atoms with Gasteiger partial charge in [0.05, 0.1) is 0 Å². The van der Waals surface area contributed by atoms with Gasteiger partial charge in [0.25, 0.3) is 0 Å². The molecule has 1 aromatic rings. The molecule has 1 aromatic carbocycles. The molecule has 0 amide bonds. The summed E-state index contributed by atoms with van der Waals surface area (Å²) >= 11 is 0. The van der Waals surface area contributed by atoms with E-state index in [0.717, 1.165) is 12.3 Å². The number of phenols is 1. The summed E-state index contributed by atoms with van der Waals surface area (Å²) in [6.07, 6.45) is 4.79. The smallest absolute Gasteiger partial charge is 0.119 e. The number of hydrogen-bond acceptors (Lipinski definition) is 2. The third-order valence-corrected chi connectivity index (χ3v) is 4.68. The van der Waals surface area contributed by atoms with Crippen molar-refractivity contribution in [2.45, 2.75) is 51.6 Å². The fourth-order valence-corrected chi connectivity index (χ4v) is 3.92. The Hall–Kier alpha value is -1.02. The lowest BCUT2D eigenvalue weighted by Crippen LogP contribution is -2.34. The van der Waals surface area contributed by atoms with E-state index in [4.69, 9.17) is 0 Å². The summed E-state index contributed by atoms with van der Waals surface area (Å²) in [5.74, 6) is 1.31. The standard InChI is InChI=1S/C16H23NO/c1-11-9-12(2)17(10-11)15-7-3-6-14-13(15)5-4-8-16(14)18/h4-5,8,11-12,15,18H,3,6-7,9-10H2,1-2H3. The van der Waals surface area contributed by atoms with Crippen LogP contribution >= 0.6 is 0 Å². The van der Waals surface area contributed by atoms with E-state index in [9.17, 15) is 5.11 Å². The summed E-state index contributed by atoms with van der Waals surface area (Å²) in [5.41, 5.74) is 2.57. The van der Waals surface area contributed by atoms with Crippen LogP contribution in [0, 0.1) is 5.92 Å². The molecule has 1 heterocycles. The van der Waals surface area contributed by atoms with Gasteiger partial charge in [0.1, 0.15) is 5.75 Å². The van der Waals surface area contributed by atoms with Crippen LogP contribution in [0.2, 0.25) is 0 Å². The minimum absolute atomic E-state index is 0.497. The molecular formula is C16H23NO. The molecule has 1 fully saturated rings. The van der Waals surface area contributed by atoms with Crippen LogP contribution in [0.25, 0.3) is 0 Å². The van der Waals surface area contributed by atoms with E-state index in [1.807, 2.05) is 12.1 Å². The zero-order valence-corrected chi connectivity index (χ0v) is 11.4. The second-order valence-corrected chi connectivity index (χ2v) is 6.14. The molecular weight excluding hydrogens is 222 g/mol. The Kier molecular flexibility index (Phi) is 3.06. The van der Waals surface area contributed by atoms with Gasteiger partial charge >= 0.3 is 0 Å². The van der Waals surface area contributed by atoms with Crippen LogP contribution in [-0.4, -0.2) is 22.6 Å². The highest BCUT2D eigenvalue weighted by molar-refractivity contribution is 5.42. The van der Waals surface area contributed by atoms with Crippen LogP contribution in [-0.2, 0) is 6.42 Å². The molecule has 2 heteroatoms. The van der Waals surface area contributed by atoms with E-state index in [-0.39, 0.29) is 0 Å². The summed E-state index contributed by atoms with van der Waals surface area (Å²) in [7, 11) is 0. The predicted molar refractivity (Wildman–Crippen MR) is 73.7 cm³/mol.